The van der Waals surface area contributed by atoms with Crippen LogP contribution in [0, 0.1) is 17.5 Å². The van der Waals surface area contributed by atoms with Crippen molar-refractivity contribution in [3.8, 4) is 0 Å². The van der Waals surface area contributed by atoms with Gasteiger partial charge in [-0.15, -0.1) is 10.2 Å². The monoisotopic (exact) mass is 374 g/mol. The van der Waals surface area contributed by atoms with Crippen LogP contribution in [0.25, 0.3) is 0 Å². The third-order valence-electron chi connectivity index (χ3n) is 3.25. The van der Waals surface area contributed by atoms with Crippen LogP contribution in [0.1, 0.15) is 19.8 Å². The molecule has 1 aliphatic rings. The first-order valence-electron chi connectivity index (χ1n) is 7.15. The second-order valence-electron chi connectivity index (χ2n) is 5.26. The van der Waals surface area contributed by atoms with E-state index in [0.29, 0.717) is 15.5 Å². The topological polar surface area (TPSA) is 66.9 Å². The number of carbonyl (C=O) groups excluding carboxylic acids is 1. The molecule has 0 unspecified atom stereocenters. The molecule has 1 aliphatic carbocycles. The van der Waals surface area contributed by atoms with Gasteiger partial charge in [-0.05, 0) is 31.9 Å². The van der Waals surface area contributed by atoms with E-state index in [1.165, 1.54) is 11.3 Å². The molecule has 2 N–H and O–H groups in total. The number of anilines is 2. The van der Waals surface area contributed by atoms with Crippen LogP contribution in [0.5, 0.6) is 0 Å². The van der Waals surface area contributed by atoms with Gasteiger partial charge in [0.25, 0.3) is 0 Å². The summed E-state index contributed by atoms with van der Waals surface area (Å²) >= 11 is 2.48. The maximum Gasteiger partial charge on any atom is 0.237 e. The average molecular weight is 374 g/mol. The van der Waals surface area contributed by atoms with Crippen LogP contribution in [0.2, 0.25) is 0 Å². The predicted molar refractivity (Wildman–Crippen MR) is 86.8 cm³/mol. The molecule has 5 nitrogen and oxygen atoms in total. The second kappa shape index (κ2) is 6.98. The number of thioether (sulfide) groups is 1. The summed E-state index contributed by atoms with van der Waals surface area (Å²) in [5.41, 5.74) is -0.403. The van der Waals surface area contributed by atoms with Crippen LogP contribution < -0.4 is 10.6 Å². The number of halogens is 3. The molecule has 24 heavy (non-hydrogen) atoms. The fourth-order valence-corrected chi connectivity index (χ4v) is 3.75. The van der Waals surface area contributed by atoms with Gasteiger partial charge in [-0.3, -0.25) is 4.79 Å². The van der Waals surface area contributed by atoms with E-state index in [0.717, 1.165) is 36.7 Å². The number of benzene rings is 1. The van der Waals surface area contributed by atoms with Crippen molar-refractivity contribution >= 4 is 39.8 Å². The summed E-state index contributed by atoms with van der Waals surface area (Å²) in [6.45, 7) is 1.60. The number of aromatic nitrogens is 2. The van der Waals surface area contributed by atoms with Gasteiger partial charge < -0.3 is 10.6 Å². The van der Waals surface area contributed by atoms with Gasteiger partial charge in [0.2, 0.25) is 11.0 Å². The minimum absolute atomic E-state index is 0.403. The van der Waals surface area contributed by atoms with Crippen molar-refractivity contribution in [3.05, 3.63) is 29.6 Å². The zero-order valence-corrected chi connectivity index (χ0v) is 14.1. The third kappa shape index (κ3) is 3.99. The van der Waals surface area contributed by atoms with Crippen molar-refractivity contribution in [1.82, 2.24) is 10.2 Å². The number of rotatable bonds is 6. The fourth-order valence-electron chi connectivity index (χ4n) is 1.78. The molecule has 1 heterocycles. The first-order chi connectivity index (χ1) is 11.4. The van der Waals surface area contributed by atoms with Crippen molar-refractivity contribution in [2.75, 3.05) is 10.6 Å². The molecule has 2 aromatic rings. The van der Waals surface area contributed by atoms with E-state index in [2.05, 4.69) is 20.8 Å². The summed E-state index contributed by atoms with van der Waals surface area (Å²) < 4.78 is 40.2. The van der Waals surface area contributed by atoms with Gasteiger partial charge >= 0.3 is 0 Å². The highest BCUT2D eigenvalue weighted by molar-refractivity contribution is 8.02. The normalized spacial score (nSPS) is 15.2. The van der Waals surface area contributed by atoms with Crippen LogP contribution in [-0.4, -0.2) is 27.4 Å². The van der Waals surface area contributed by atoms with Crippen LogP contribution in [-0.2, 0) is 4.79 Å². The summed E-state index contributed by atoms with van der Waals surface area (Å²) in [6, 6.07) is 2.19. The molecule has 0 aliphatic heterocycles. The van der Waals surface area contributed by atoms with E-state index in [4.69, 9.17) is 0 Å². The quantitative estimate of drug-likeness (QED) is 0.597. The Kier molecular flexibility index (Phi) is 4.95. The van der Waals surface area contributed by atoms with E-state index < -0.39 is 34.3 Å². The maximum atomic E-state index is 13.6. The third-order valence-corrected chi connectivity index (χ3v) is 5.29. The van der Waals surface area contributed by atoms with Gasteiger partial charge in [-0.1, -0.05) is 23.1 Å². The molecule has 0 bridgehead atoms. The van der Waals surface area contributed by atoms with E-state index in [1.807, 2.05) is 0 Å². The van der Waals surface area contributed by atoms with Gasteiger partial charge in [0, 0.05) is 6.04 Å². The Morgan fingerprint density at radius 1 is 1.29 bits per heavy atom. The zero-order chi connectivity index (χ0) is 17.3. The second-order valence-corrected chi connectivity index (χ2v) is 7.83. The van der Waals surface area contributed by atoms with Crippen molar-refractivity contribution in [2.24, 2.45) is 0 Å². The molecular weight excluding hydrogens is 361 g/mol. The Balaban J connectivity index is 1.60. The lowest BCUT2D eigenvalue weighted by Gasteiger charge is -2.11. The van der Waals surface area contributed by atoms with Crippen molar-refractivity contribution in [2.45, 2.75) is 35.4 Å². The Hall–Kier alpha value is -1.81. The summed E-state index contributed by atoms with van der Waals surface area (Å²) in [4.78, 5) is 12.1. The van der Waals surface area contributed by atoms with Gasteiger partial charge in [0.05, 0.1) is 10.9 Å². The van der Waals surface area contributed by atoms with Gasteiger partial charge in [0.15, 0.2) is 21.8 Å². The van der Waals surface area contributed by atoms with E-state index >= 15 is 0 Å². The molecule has 128 valence electrons. The van der Waals surface area contributed by atoms with Crippen LogP contribution in [0.15, 0.2) is 16.5 Å². The number of carbonyl (C=O) groups is 1. The zero-order valence-electron chi connectivity index (χ0n) is 12.5. The summed E-state index contributed by atoms with van der Waals surface area (Å²) in [5.74, 6) is -4.89. The van der Waals surface area contributed by atoms with Gasteiger partial charge in [0.1, 0.15) is 0 Å². The highest BCUT2D eigenvalue weighted by Crippen LogP contribution is 2.32. The molecule has 10 heteroatoms. The molecule has 0 spiro atoms. The molecule has 1 fully saturated rings. The maximum absolute atomic E-state index is 13.6. The van der Waals surface area contributed by atoms with Crippen molar-refractivity contribution in [1.29, 1.82) is 0 Å². The Labute approximate surface area is 144 Å². The fraction of sp³-hybridized carbons (Fsp3) is 0.357. The molecule has 1 aromatic heterocycles. The number of amides is 1. The summed E-state index contributed by atoms with van der Waals surface area (Å²) in [5, 5.41) is 13.5. The lowest BCUT2D eigenvalue weighted by molar-refractivity contribution is -0.115. The van der Waals surface area contributed by atoms with Crippen LogP contribution in [0.4, 0.5) is 24.0 Å². The minimum atomic E-state index is -1.62. The molecular formula is C14H13F3N4OS2. The van der Waals surface area contributed by atoms with E-state index in [1.54, 1.807) is 6.92 Å². The average Bonchev–Trinajstić information content (AvgIpc) is 3.26. The van der Waals surface area contributed by atoms with Crippen molar-refractivity contribution < 1.29 is 18.0 Å². The lowest BCUT2D eigenvalue weighted by atomic mass is 10.2. The number of nitrogens with zero attached hydrogens (tertiary/aromatic N) is 2. The summed E-state index contributed by atoms with van der Waals surface area (Å²) in [7, 11) is 0. The standard InChI is InChI=1S/C14H13F3N4OS2/c1-6(23-14-21-20-13(24-14)18-7-2-3-7)12(22)19-9-5-4-8(15)10(16)11(9)17/h4-7H,2-3H2,1H3,(H,18,20)(H,19,22)/t6-/m0/s1. The molecule has 0 radical (unpaired) electrons. The number of nitrogens with one attached hydrogen (secondary N) is 2. The SMILES string of the molecule is C[C@H](Sc1nnc(NC2CC2)s1)C(=O)Nc1ccc(F)c(F)c1F. The van der Waals surface area contributed by atoms with Gasteiger partial charge in [-0.2, -0.15) is 0 Å². The Morgan fingerprint density at radius 2 is 2.04 bits per heavy atom. The first kappa shape index (κ1) is 17.0. The molecule has 0 saturated heterocycles. The van der Waals surface area contributed by atoms with Crippen LogP contribution in [0.3, 0.4) is 0 Å². The molecule has 3 rings (SSSR count). The smallest absolute Gasteiger partial charge is 0.237 e. The van der Waals surface area contributed by atoms with Crippen molar-refractivity contribution in [3.63, 3.8) is 0 Å². The lowest BCUT2D eigenvalue weighted by Crippen LogP contribution is -2.23. The minimum Gasteiger partial charge on any atom is -0.357 e. The van der Waals surface area contributed by atoms with Gasteiger partial charge in [-0.25, -0.2) is 13.2 Å². The first-order valence-corrected chi connectivity index (χ1v) is 8.84. The Morgan fingerprint density at radius 3 is 2.75 bits per heavy atom. The predicted octanol–water partition coefficient (Wildman–Crippen LogP) is 3.65. The molecule has 1 amide bonds. The van der Waals surface area contributed by atoms with E-state index in [9.17, 15) is 18.0 Å². The molecule has 1 saturated carbocycles. The number of hydrogen-bond donors (Lipinski definition) is 2. The molecule has 1 aromatic carbocycles. The highest BCUT2D eigenvalue weighted by Gasteiger charge is 2.24. The molecule has 1 atom stereocenters. The number of hydrogen-bond acceptors (Lipinski definition) is 6. The van der Waals surface area contributed by atoms with E-state index in [-0.39, 0.29) is 0 Å². The highest BCUT2D eigenvalue weighted by atomic mass is 32.2. The largest absolute Gasteiger partial charge is 0.357 e. The summed E-state index contributed by atoms with van der Waals surface area (Å²) in [6.07, 6.45) is 2.22. The van der Waals surface area contributed by atoms with Crippen LogP contribution >= 0.6 is 23.1 Å². The Bertz CT molecular complexity index is 766.